The van der Waals surface area contributed by atoms with Crippen LogP contribution in [0.4, 0.5) is 0 Å². The second-order valence-corrected chi connectivity index (χ2v) is 6.87. The molecular formula is C21H23NO3. The Labute approximate surface area is 148 Å². The first kappa shape index (κ1) is 16.0. The molecule has 1 heterocycles. The Balaban J connectivity index is 1.32. The van der Waals surface area contributed by atoms with E-state index in [4.69, 9.17) is 9.47 Å². The number of fused-ring (bicyclic) bond motifs is 1. The van der Waals surface area contributed by atoms with Gasteiger partial charge in [0.2, 0.25) is 0 Å². The molecule has 3 atom stereocenters. The van der Waals surface area contributed by atoms with Crippen LogP contribution in [0.5, 0.6) is 11.5 Å². The molecule has 4 nitrogen and oxygen atoms in total. The Hall–Kier alpha value is -2.49. The van der Waals surface area contributed by atoms with Gasteiger partial charge in [-0.1, -0.05) is 36.4 Å². The third-order valence-corrected chi connectivity index (χ3v) is 5.28. The molecule has 2 fully saturated rings. The van der Waals surface area contributed by atoms with Crippen molar-refractivity contribution in [1.82, 2.24) is 4.90 Å². The predicted molar refractivity (Wildman–Crippen MR) is 95.6 cm³/mol. The van der Waals surface area contributed by atoms with Crippen LogP contribution in [0.2, 0.25) is 0 Å². The number of carbonyl (C=O) groups is 1. The molecule has 0 bridgehead atoms. The van der Waals surface area contributed by atoms with E-state index >= 15 is 0 Å². The minimum absolute atomic E-state index is 0.0664. The van der Waals surface area contributed by atoms with E-state index < -0.39 is 0 Å². The monoisotopic (exact) mass is 337 g/mol. The number of amides is 1. The number of para-hydroxylation sites is 2. The summed E-state index contributed by atoms with van der Waals surface area (Å²) < 4.78 is 11.8. The summed E-state index contributed by atoms with van der Waals surface area (Å²) in [5.41, 5.74) is 0. The lowest BCUT2D eigenvalue weighted by atomic mass is 9.99. The van der Waals surface area contributed by atoms with Gasteiger partial charge in [-0.2, -0.15) is 0 Å². The van der Waals surface area contributed by atoms with Crippen LogP contribution < -0.4 is 9.47 Å². The maximum atomic E-state index is 12.5. The number of rotatable bonds is 5. The first-order valence-electron chi connectivity index (χ1n) is 8.97. The van der Waals surface area contributed by atoms with Crippen molar-refractivity contribution in [2.75, 3.05) is 19.7 Å². The van der Waals surface area contributed by atoms with Crippen LogP contribution in [-0.2, 0) is 4.79 Å². The van der Waals surface area contributed by atoms with E-state index in [1.807, 2.05) is 65.6 Å². The fraction of sp³-hybridized carbons (Fsp3) is 0.381. The molecule has 0 aromatic heterocycles. The molecule has 1 saturated heterocycles. The number of hydrogen-bond acceptors (Lipinski definition) is 3. The lowest BCUT2D eigenvalue weighted by Crippen LogP contribution is -2.35. The van der Waals surface area contributed by atoms with Gasteiger partial charge in [-0.15, -0.1) is 0 Å². The highest BCUT2D eigenvalue weighted by atomic mass is 16.5. The highest BCUT2D eigenvalue weighted by Gasteiger charge is 2.45. The second-order valence-electron chi connectivity index (χ2n) is 6.87. The quantitative estimate of drug-likeness (QED) is 0.839. The Morgan fingerprint density at radius 3 is 2.32 bits per heavy atom. The fourth-order valence-corrected chi connectivity index (χ4v) is 3.99. The SMILES string of the molecule is O=C(COc1ccccc1)N1C[C@@H]2CC[C@H](Oc3ccccc3)[C@@H]2C1. The molecule has 4 rings (SSSR count). The fourth-order valence-electron chi connectivity index (χ4n) is 3.99. The summed E-state index contributed by atoms with van der Waals surface area (Å²) >= 11 is 0. The largest absolute Gasteiger partial charge is 0.490 e. The van der Waals surface area contributed by atoms with Gasteiger partial charge in [0.1, 0.15) is 17.6 Å². The van der Waals surface area contributed by atoms with Gasteiger partial charge in [0, 0.05) is 19.0 Å². The number of likely N-dealkylation sites (tertiary alicyclic amines) is 1. The van der Waals surface area contributed by atoms with Crippen molar-refractivity contribution >= 4 is 5.91 Å². The van der Waals surface area contributed by atoms with E-state index in [1.165, 1.54) is 0 Å². The van der Waals surface area contributed by atoms with Gasteiger partial charge in [-0.3, -0.25) is 4.79 Å². The molecule has 4 heteroatoms. The van der Waals surface area contributed by atoms with Gasteiger partial charge in [0.15, 0.2) is 6.61 Å². The summed E-state index contributed by atoms with van der Waals surface area (Å²) in [6.07, 6.45) is 2.42. The van der Waals surface area contributed by atoms with E-state index in [0.717, 1.165) is 37.4 Å². The topological polar surface area (TPSA) is 38.8 Å². The Bertz CT molecular complexity index is 704. The van der Waals surface area contributed by atoms with Gasteiger partial charge in [0.25, 0.3) is 5.91 Å². The third kappa shape index (κ3) is 3.63. The van der Waals surface area contributed by atoms with Gasteiger partial charge in [-0.25, -0.2) is 0 Å². The summed E-state index contributed by atoms with van der Waals surface area (Å²) in [6.45, 7) is 1.71. The Morgan fingerprint density at radius 2 is 1.60 bits per heavy atom. The molecule has 2 aliphatic rings. The van der Waals surface area contributed by atoms with Crippen LogP contribution in [0.25, 0.3) is 0 Å². The third-order valence-electron chi connectivity index (χ3n) is 5.28. The lowest BCUT2D eigenvalue weighted by Gasteiger charge is -2.22. The van der Waals surface area contributed by atoms with Gasteiger partial charge in [0.05, 0.1) is 0 Å². The average Bonchev–Trinajstić information content (AvgIpc) is 3.24. The molecule has 0 unspecified atom stereocenters. The van der Waals surface area contributed by atoms with Crippen LogP contribution in [0, 0.1) is 11.8 Å². The molecule has 0 spiro atoms. The molecule has 0 radical (unpaired) electrons. The maximum absolute atomic E-state index is 12.5. The average molecular weight is 337 g/mol. The molecule has 1 saturated carbocycles. The number of benzene rings is 2. The van der Waals surface area contributed by atoms with Crippen LogP contribution in [0.3, 0.4) is 0 Å². The number of nitrogens with zero attached hydrogens (tertiary/aromatic N) is 1. The highest BCUT2D eigenvalue weighted by molar-refractivity contribution is 5.78. The van der Waals surface area contributed by atoms with Gasteiger partial charge < -0.3 is 14.4 Å². The molecule has 1 amide bonds. The molecule has 0 N–H and O–H groups in total. The van der Waals surface area contributed by atoms with Crippen molar-refractivity contribution in [2.45, 2.75) is 18.9 Å². The summed E-state index contributed by atoms with van der Waals surface area (Å²) in [5.74, 6) is 2.71. The van der Waals surface area contributed by atoms with E-state index in [1.54, 1.807) is 0 Å². The number of ether oxygens (including phenoxy) is 2. The van der Waals surface area contributed by atoms with Crippen molar-refractivity contribution < 1.29 is 14.3 Å². The molecule has 2 aromatic rings. The van der Waals surface area contributed by atoms with Crippen LogP contribution >= 0.6 is 0 Å². The molecule has 25 heavy (non-hydrogen) atoms. The van der Waals surface area contributed by atoms with E-state index in [-0.39, 0.29) is 18.6 Å². The standard InChI is InChI=1S/C21H23NO3/c23-21(15-24-17-7-3-1-4-8-17)22-13-16-11-12-20(19(16)14-22)25-18-9-5-2-6-10-18/h1-10,16,19-20H,11-15H2/t16-,19+,20-/m0/s1. The Morgan fingerprint density at radius 1 is 0.920 bits per heavy atom. The second kappa shape index (κ2) is 7.18. The maximum Gasteiger partial charge on any atom is 0.260 e. The van der Waals surface area contributed by atoms with Crippen molar-refractivity contribution in [3.05, 3.63) is 60.7 Å². The molecule has 1 aliphatic heterocycles. The van der Waals surface area contributed by atoms with Crippen LogP contribution in [0.1, 0.15) is 12.8 Å². The highest BCUT2D eigenvalue weighted by Crippen LogP contribution is 2.40. The van der Waals surface area contributed by atoms with Crippen molar-refractivity contribution in [2.24, 2.45) is 11.8 Å². The predicted octanol–water partition coefficient (Wildman–Crippen LogP) is 3.38. The minimum Gasteiger partial charge on any atom is -0.490 e. The first-order chi connectivity index (χ1) is 12.3. The zero-order valence-corrected chi connectivity index (χ0v) is 14.2. The van der Waals surface area contributed by atoms with Crippen molar-refractivity contribution in [1.29, 1.82) is 0 Å². The summed E-state index contributed by atoms with van der Waals surface area (Å²) in [4.78, 5) is 14.4. The van der Waals surface area contributed by atoms with E-state index in [0.29, 0.717) is 11.8 Å². The minimum atomic E-state index is 0.0664. The van der Waals surface area contributed by atoms with Crippen LogP contribution in [0.15, 0.2) is 60.7 Å². The molecule has 2 aromatic carbocycles. The summed E-state index contributed by atoms with van der Waals surface area (Å²) in [6, 6.07) is 19.5. The van der Waals surface area contributed by atoms with Crippen molar-refractivity contribution in [3.8, 4) is 11.5 Å². The smallest absolute Gasteiger partial charge is 0.260 e. The first-order valence-corrected chi connectivity index (χ1v) is 8.97. The lowest BCUT2D eigenvalue weighted by molar-refractivity contribution is -0.132. The molecular weight excluding hydrogens is 314 g/mol. The number of carbonyl (C=O) groups excluding carboxylic acids is 1. The molecule has 130 valence electrons. The van der Waals surface area contributed by atoms with E-state index in [2.05, 4.69) is 0 Å². The zero-order chi connectivity index (χ0) is 17.1. The normalized spacial score (nSPS) is 24.8. The summed E-state index contributed by atoms with van der Waals surface area (Å²) in [7, 11) is 0. The van der Waals surface area contributed by atoms with Gasteiger partial charge >= 0.3 is 0 Å². The van der Waals surface area contributed by atoms with Crippen molar-refractivity contribution in [3.63, 3.8) is 0 Å². The molecule has 1 aliphatic carbocycles. The zero-order valence-electron chi connectivity index (χ0n) is 14.2. The Kier molecular flexibility index (Phi) is 4.59. The number of hydrogen-bond donors (Lipinski definition) is 0. The van der Waals surface area contributed by atoms with Gasteiger partial charge in [-0.05, 0) is 43.0 Å². The van der Waals surface area contributed by atoms with Crippen LogP contribution in [-0.4, -0.2) is 36.6 Å². The summed E-state index contributed by atoms with van der Waals surface area (Å²) in [5, 5.41) is 0. The van der Waals surface area contributed by atoms with E-state index in [9.17, 15) is 4.79 Å².